The van der Waals surface area contributed by atoms with Gasteiger partial charge in [-0.25, -0.2) is 0 Å². The summed E-state index contributed by atoms with van der Waals surface area (Å²) in [4.78, 5) is 12.3. The summed E-state index contributed by atoms with van der Waals surface area (Å²) in [6.45, 7) is 6.27. The molecule has 27 heavy (non-hydrogen) atoms. The second-order valence-corrected chi connectivity index (χ2v) is 6.51. The monoisotopic (exact) mass is 364 g/mol. The Morgan fingerprint density at radius 2 is 1.89 bits per heavy atom. The summed E-state index contributed by atoms with van der Waals surface area (Å²) in [5.41, 5.74) is 4.77. The zero-order valence-corrected chi connectivity index (χ0v) is 15.9. The number of amides is 1. The Kier molecular flexibility index (Phi) is 5.91. The van der Waals surface area contributed by atoms with Crippen LogP contribution in [0.5, 0.6) is 5.75 Å². The van der Waals surface area contributed by atoms with Gasteiger partial charge in [0.05, 0.1) is 17.7 Å². The second kappa shape index (κ2) is 8.54. The average molecular weight is 364 g/mol. The van der Waals surface area contributed by atoms with Crippen LogP contribution in [0.2, 0.25) is 0 Å². The lowest BCUT2D eigenvalue weighted by Crippen LogP contribution is -2.14. The molecule has 0 aliphatic carbocycles. The van der Waals surface area contributed by atoms with Gasteiger partial charge in [-0.15, -0.1) is 0 Å². The van der Waals surface area contributed by atoms with E-state index in [1.807, 2.05) is 56.3 Å². The first-order chi connectivity index (χ1) is 13.0. The molecular weight excluding hydrogens is 340 g/mol. The fourth-order valence-electron chi connectivity index (χ4n) is 2.83. The Morgan fingerprint density at radius 3 is 2.56 bits per heavy atom. The van der Waals surface area contributed by atoms with Crippen LogP contribution in [0.3, 0.4) is 0 Å². The molecule has 0 aliphatic heterocycles. The number of nitrogens with one attached hydrogen (secondary N) is 1. The van der Waals surface area contributed by atoms with Crippen LogP contribution in [0.25, 0.3) is 0 Å². The maximum absolute atomic E-state index is 12.3. The highest BCUT2D eigenvalue weighted by atomic mass is 16.5. The summed E-state index contributed by atoms with van der Waals surface area (Å²) in [5.74, 6) is 1.48. The largest absolute Gasteiger partial charge is 0.489 e. The number of nitrogens with zero attached hydrogens (tertiary/aromatic N) is 1. The summed E-state index contributed by atoms with van der Waals surface area (Å²) in [6.07, 6.45) is 1.26. The van der Waals surface area contributed by atoms with Crippen molar-refractivity contribution in [1.29, 1.82) is 0 Å². The number of carbonyl (C=O) groups is 1. The standard InChI is InChI=1S/C22H24N2O3/c1-4-17-6-5-7-19(12-17)23-22(25)13-18-8-10-20(11-9-18)26-14-21-15(2)24-27-16(21)3/h5-12H,4,13-14H2,1-3H3,(H,23,25). The van der Waals surface area contributed by atoms with Crippen molar-refractivity contribution in [3.8, 4) is 5.75 Å². The highest BCUT2D eigenvalue weighted by Crippen LogP contribution is 2.18. The van der Waals surface area contributed by atoms with Crippen LogP contribution < -0.4 is 10.1 Å². The summed E-state index contributed by atoms with van der Waals surface area (Å²) < 4.78 is 10.9. The fourth-order valence-corrected chi connectivity index (χ4v) is 2.83. The molecule has 0 fully saturated rings. The molecule has 1 N–H and O–H groups in total. The third kappa shape index (κ3) is 4.97. The molecule has 3 aromatic rings. The van der Waals surface area contributed by atoms with E-state index in [1.165, 1.54) is 5.56 Å². The number of benzene rings is 2. The third-order valence-corrected chi connectivity index (χ3v) is 4.47. The smallest absolute Gasteiger partial charge is 0.228 e. The van der Waals surface area contributed by atoms with Crippen molar-refractivity contribution in [3.63, 3.8) is 0 Å². The normalized spacial score (nSPS) is 10.6. The lowest BCUT2D eigenvalue weighted by atomic mass is 10.1. The van der Waals surface area contributed by atoms with E-state index < -0.39 is 0 Å². The van der Waals surface area contributed by atoms with E-state index in [0.717, 1.165) is 40.4 Å². The lowest BCUT2D eigenvalue weighted by molar-refractivity contribution is -0.115. The van der Waals surface area contributed by atoms with Crippen molar-refractivity contribution < 1.29 is 14.1 Å². The number of ether oxygens (including phenoxy) is 1. The first-order valence-corrected chi connectivity index (χ1v) is 9.07. The van der Waals surface area contributed by atoms with Crippen molar-refractivity contribution >= 4 is 11.6 Å². The van der Waals surface area contributed by atoms with Gasteiger partial charge in [0, 0.05) is 5.69 Å². The van der Waals surface area contributed by atoms with Crippen LogP contribution in [0.15, 0.2) is 53.1 Å². The van der Waals surface area contributed by atoms with E-state index in [2.05, 4.69) is 23.5 Å². The maximum Gasteiger partial charge on any atom is 0.228 e. The van der Waals surface area contributed by atoms with Crippen LogP contribution in [0.4, 0.5) is 5.69 Å². The molecule has 1 aromatic heterocycles. The first-order valence-electron chi connectivity index (χ1n) is 9.07. The molecule has 0 spiro atoms. The van der Waals surface area contributed by atoms with Crippen LogP contribution in [-0.2, 0) is 24.2 Å². The summed E-state index contributed by atoms with van der Waals surface area (Å²) in [6, 6.07) is 15.5. The van der Waals surface area contributed by atoms with Gasteiger partial charge in [-0.2, -0.15) is 0 Å². The number of rotatable bonds is 7. The van der Waals surface area contributed by atoms with Gasteiger partial charge in [-0.3, -0.25) is 4.79 Å². The molecule has 0 aliphatic rings. The van der Waals surface area contributed by atoms with E-state index in [9.17, 15) is 4.79 Å². The van der Waals surface area contributed by atoms with E-state index in [1.54, 1.807) is 0 Å². The maximum atomic E-state index is 12.3. The first kappa shape index (κ1) is 18.7. The molecule has 0 saturated heterocycles. The molecule has 0 unspecified atom stereocenters. The van der Waals surface area contributed by atoms with Gasteiger partial charge in [0.25, 0.3) is 0 Å². The summed E-state index contributed by atoms with van der Waals surface area (Å²) >= 11 is 0. The predicted molar refractivity (Wildman–Crippen MR) is 105 cm³/mol. The Morgan fingerprint density at radius 1 is 1.11 bits per heavy atom. The predicted octanol–water partition coefficient (Wildman–Crippen LogP) is 4.61. The minimum Gasteiger partial charge on any atom is -0.489 e. The SMILES string of the molecule is CCc1cccc(NC(=O)Cc2ccc(OCc3c(C)noc3C)cc2)c1. The zero-order valence-electron chi connectivity index (χ0n) is 15.9. The number of hydrogen-bond acceptors (Lipinski definition) is 4. The number of carbonyl (C=O) groups excluding carboxylic acids is 1. The molecule has 0 atom stereocenters. The molecule has 5 heteroatoms. The molecule has 3 rings (SSSR count). The number of hydrogen-bond donors (Lipinski definition) is 1. The summed E-state index contributed by atoms with van der Waals surface area (Å²) in [7, 11) is 0. The van der Waals surface area contributed by atoms with Gasteiger partial charge in [-0.1, -0.05) is 36.3 Å². The van der Waals surface area contributed by atoms with E-state index in [4.69, 9.17) is 9.26 Å². The fraction of sp³-hybridized carbons (Fsp3) is 0.273. The molecule has 2 aromatic carbocycles. The van der Waals surface area contributed by atoms with Gasteiger partial charge in [0.15, 0.2) is 0 Å². The van der Waals surface area contributed by atoms with E-state index >= 15 is 0 Å². The molecule has 0 bridgehead atoms. The number of anilines is 1. The second-order valence-electron chi connectivity index (χ2n) is 6.51. The van der Waals surface area contributed by atoms with E-state index in [0.29, 0.717) is 13.0 Å². The Bertz CT molecular complexity index is 894. The van der Waals surface area contributed by atoms with Crippen LogP contribution in [0, 0.1) is 13.8 Å². The number of aromatic nitrogens is 1. The van der Waals surface area contributed by atoms with E-state index in [-0.39, 0.29) is 5.91 Å². The van der Waals surface area contributed by atoms with Gasteiger partial charge >= 0.3 is 0 Å². The van der Waals surface area contributed by atoms with Crippen molar-refractivity contribution in [2.24, 2.45) is 0 Å². The van der Waals surface area contributed by atoms with Crippen molar-refractivity contribution in [1.82, 2.24) is 5.16 Å². The van der Waals surface area contributed by atoms with Crippen LogP contribution >= 0.6 is 0 Å². The topological polar surface area (TPSA) is 64.4 Å². The van der Waals surface area contributed by atoms with Crippen LogP contribution in [0.1, 0.15) is 35.1 Å². The van der Waals surface area contributed by atoms with Gasteiger partial charge in [-0.05, 0) is 55.7 Å². The molecule has 0 saturated carbocycles. The molecule has 5 nitrogen and oxygen atoms in total. The molecule has 1 amide bonds. The van der Waals surface area contributed by atoms with Gasteiger partial charge in [0.2, 0.25) is 5.91 Å². The number of aryl methyl sites for hydroxylation is 3. The minimum absolute atomic E-state index is 0.0346. The Balaban J connectivity index is 1.54. The molecule has 1 heterocycles. The Hall–Kier alpha value is -3.08. The van der Waals surface area contributed by atoms with Crippen molar-refractivity contribution in [2.45, 2.75) is 40.2 Å². The molecule has 0 radical (unpaired) electrons. The quantitative estimate of drug-likeness (QED) is 0.665. The van der Waals surface area contributed by atoms with Crippen LogP contribution in [-0.4, -0.2) is 11.1 Å². The Labute approximate surface area is 159 Å². The zero-order chi connectivity index (χ0) is 19.2. The van der Waals surface area contributed by atoms with Gasteiger partial charge < -0.3 is 14.6 Å². The average Bonchev–Trinajstić information content (AvgIpc) is 2.99. The molecular formula is C22H24N2O3. The highest BCUT2D eigenvalue weighted by Gasteiger charge is 2.10. The molecule has 140 valence electrons. The van der Waals surface area contributed by atoms with Crippen molar-refractivity contribution in [2.75, 3.05) is 5.32 Å². The summed E-state index contributed by atoms with van der Waals surface area (Å²) in [5, 5.41) is 6.87. The highest BCUT2D eigenvalue weighted by molar-refractivity contribution is 5.92. The lowest BCUT2D eigenvalue weighted by Gasteiger charge is -2.08. The third-order valence-electron chi connectivity index (χ3n) is 4.47. The van der Waals surface area contributed by atoms with Crippen molar-refractivity contribution in [3.05, 3.63) is 76.7 Å². The van der Waals surface area contributed by atoms with Gasteiger partial charge in [0.1, 0.15) is 18.1 Å². The minimum atomic E-state index is -0.0346.